The van der Waals surface area contributed by atoms with E-state index in [-0.39, 0.29) is 0 Å². The lowest BCUT2D eigenvalue weighted by Crippen LogP contribution is -2.32. The van der Waals surface area contributed by atoms with E-state index in [0.29, 0.717) is 16.1 Å². The van der Waals surface area contributed by atoms with Gasteiger partial charge in [-0.05, 0) is 48.8 Å². The highest BCUT2D eigenvalue weighted by Gasteiger charge is 2.41. The van der Waals surface area contributed by atoms with E-state index in [9.17, 15) is 0 Å². The zero-order chi connectivity index (χ0) is 15.1. The summed E-state index contributed by atoms with van der Waals surface area (Å²) in [6, 6.07) is 19.9. The largest absolute Gasteiger partial charge is 0.163 e. The Labute approximate surface area is 135 Å². The van der Waals surface area contributed by atoms with Gasteiger partial charge in [-0.2, -0.15) is 0 Å². The van der Waals surface area contributed by atoms with Crippen LogP contribution in [0.2, 0.25) is 0 Å². The Morgan fingerprint density at radius 2 is 1.59 bits per heavy atom. The van der Waals surface area contributed by atoms with E-state index >= 15 is 0 Å². The zero-order valence-electron chi connectivity index (χ0n) is 13.2. The molecule has 0 spiro atoms. The van der Waals surface area contributed by atoms with Gasteiger partial charge in [0.1, 0.15) is 11.0 Å². The van der Waals surface area contributed by atoms with Crippen molar-refractivity contribution in [1.82, 2.24) is 0 Å². The maximum absolute atomic E-state index is 2.55. The molecular formula is C21H21S+. The molecule has 0 fully saturated rings. The predicted octanol–water partition coefficient (Wildman–Crippen LogP) is 5.22. The van der Waals surface area contributed by atoms with E-state index in [2.05, 4.69) is 74.5 Å². The molecule has 2 aromatic carbocycles. The average molecular weight is 305 g/mol. The molecule has 0 radical (unpaired) electrons. The predicted molar refractivity (Wildman–Crippen MR) is 97.2 cm³/mol. The van der Waals surface area contributed by atoms with E-state index in [4.69, 9.17) is 0 Å². The standard InChI is InChI=1S/C21H21S/c1-15-12-18-13-20(17-8-4-3-5-9-17)19-10-6-7-11-21(19)22(18)14-16(15)2/h3-11,13,18H,12,14H2,1-2H3/q+1. The molecule has 0 saturated carbocycles. The van der Waals surface area contributed by atoms with E-state index in [1.165, 1.54) is 28.9 Å². The lowest BCUT2D eigenvalue weighted by molar-refractivity contribution is 0.930. The van der Waals surface area contributed by atoms with Crippen molar-refractivity contribution in [2.45, 2.75) is 30.4 Å². The van der Waals surface area contributed by atoms with Crippen molar-refractivity contribution < 1.29 is 0 Å². The van der Waals surface area contributed by atoms with Gasteiger partial charge in [0.05, 0.1) is 0 Å². The van der Waals surface area contributed by atoms with Crippen LogP contribution in [0.15, 0.2) is 76.7 Å². The van der Waals surface area contributed by atoms with E-state index < -0.39 is 0 Å². The molecule has 2 heterocycles. The molecule has 0 bridgehead atoms. The zero-order valence-corrected chi connectivity index (χ0v) is 14.0. The Hall–Kier alpha value is -1.73. The maximum Gasteiger partial charge on any atom is 0.163 e. The smallest absolute Gasteiger partial charge is 0.0644 e. The summed E-state index contributed by atoms with van der Waals surface area (Å²) in [6.45, 7) is 4.63. The second-order valence-corrected chi connectivity index (χ2v) is 8.51. The lowest BCUT2D eigenvalue weighted by Gasteiger charge is -2.29. The van der Waals surface area contributed by atoms with Crippen molar-refractivity contribution in [2.75, 3.05) is 5.75 Å². The second kappa shape index (κ2) is 5.48. The monoisotopic (exact) mass is 305 g/mol. The van der Waals surface area contributed by atoms with E-state index in [0.717, 1.165) is 0 Å². The Morgan fingerprint density at radius 1 is 0.864 bits per heavy atom. The molecule has 0 aliphatic carbocycles. The quantitative estimate of drug-likeness (QED) is 0.500. The van der Waals surface area contributed by atoms with E-state index in [1.807, 2.05) is 0 Å². The third kappa shape index (κ3) is 2.24. The summed E-state index contributed by atoms with van der Waals surface area (Å²) >= 11 is 0. The van der Waals surface area contributed by atoms with Gasteiger partial charge in [0.2, 0.25) is 0 Å². The van der Waals surface area contributed by atoms with Crippen molar-refractivity contribution in [3.8, 4) is 0 Å². The summed E-state index contributed by atoms with van der Waals surface area (Å²) in [5.41, 5.74) is 7.42. The highest BCUT2D eigenvalue weighted by atomic mass is 32.2. The fourth-order valence-corrected chi connectivity index (χ4v) is 6.36. The molecule has 2 aliphatic heterocycles. The van der Waals surface area contributed by atoms with Gasteiger partial charge in [0, 0.05) is 22.9 Å². The lowest BCUT2D eigenvalue weighted by atomic mass is 9.94. The molecular weight excluding hydrogens is 284 g/mol. The van der Waals surface area contributed by atoms with Crippen molar-refractivity contribution in [2.24, 2.45) is 0 Å². The van der Waals surface area contributed by atoms with Crippen LogP contribution in [0.1, 0.15) is 31.4 Å². The minimum atomic E-state index is 0.343. The minimum Gasteiger partial charge on any atom is -0.0644 e. The van der Waals surface area contributed by atoms with Gasteiger partial charge in [-0.3, -0.25) is 0 Å². The second-order valence-electron chi connectivity index (χ2n) is 6.32. The Balaban J connectivity index is 1.88. The highest BCUT2D eigenvalue weighted by molar-refractivity contribution is 7.98. The van der Waals surface area contributed by atoms with Gasteiger partial charge in [0.25, 0.3) is 0 Å². The van der Waals surface area contributed by atoms with Crippen LogP contribution in [0.4, 0.5) is 0 Å². The molecule has 110 valence electrons. The van der Waals surface area contributed by atoms with Gasteiger partial charge in [-0.15, -0.1) is 0 Å². The summed E-state index contributed by atoms with van der Waals surface area (Å²) in [4.78, 5) is 1.57. The van der Waals surface area contributed by atoms with Gasteiger partial charge in [0.15, 0.2) is 4.90 Å². The number of hydrogen-bond donors (Lipinski definition) is 0. The maximum atomic E-state index is 2.55. The Bertz CT molecular complexity index is 768. The first kappa shape index (κ1) is 13.9. The Kier molecular flexibility index (Phi) is 3.46. The summed E-state index contributed by atoms with van der Waals surface area (Å²) in [6.07, 6.45) is 3.77. The van der Waals surface area contributed by atoms with E-state index in [1.54, 1.807) is 16.0 Å². The summed E-state index contributed by atoms with van der Waals surface area (Å²) in [5, 5.41) is 0.675. The molecule has 0 N–H and O–H groups in total. The normalized spacial score (nSPS) is 23.6. The summed E-state index contributed by atoms with van der Waals surface area (Å²) in [5.74, 6) is 1.24. The van der Waals surface area contributed by atoms with Crippen LogP contribution in [0, 0.1) is 0 Å². The van der Waals surface area contributed by atoms with Gasteiger partial charge in [-0.1, -0.05) is 48.0 Å². The number of allylic oxidation sites excluding steroid dienone is 1. The molecule has 2 aliphatic rings. The molecule has 1 heteroatoms. The molecule has 0 nitrogen and oxygen atoms in total. The van der Waals surface area contributed by atoms with Crippen LogP contribution in [0.5, 0.6) is 0 Å². The summed E-state index contributed by atoms with van der Waals surface area (Å²) in [7, 11) is 0.343. The molecule has 2 unspecified atom stereocenters. The van der Waals surface area contributed by atoms with Crippen LogP contribution in [0.3, 0.4) is 0 Å². The van der Waals surface area contributed by atoms with Crippen molar-refractivity contribution in [1.29, 1.82) is 0 Å². The topological polar surface area (TPSA) is 0 Å². The van der Waals surface area contributed by atoms with Crippen molar-refractivity contribution in [3.63, 3.8) is 0 Å². The number of hydrogen-bond acceptors (Lipinski definition) is 0. The number of fused-ring (bicyclic) bond motifs is 3. The highest BCUT2D eigenvalue weighted by Crippen LogP contribution is 2.42. The minimum absolute atomic E-state index is 0.343. The number of benzene rings is 2. The van der Waals surface area contributed by atoms with Crippen molar-refractivity contribution >= 4 is 16.5 Å². The fraction of sp³-hybridized carbons (Fsp3) is 0.238. The molecule has 22 heavy (non-hydrogen) atoms. The number of rotatable bonds is 1. The van der Waals surface area contributed by atoms with Crippen LogP contribution in [-0.2, 0) is 10.9 Å². The summed E-state index contributed by atoms with van der Waals surface area (Å²) < 4.78 is 0. The van der Waals surface area contributed by atoms with Crippen molar-refractivity contribution in [3.05, 3.63) is 82.9 Å². The molecule has 4 rings (SSSR count). The molecule has 0 aromatic heterocycles. The molecule has 2 aromatic rings. The molecule has 0 saturated heterocycles. The first-order valence-corrected chi connectivity index (χ1v) is 9.41. The van der Waals surface area contributed by atoms with Gasteiger partial charge in [-0.25, -0.2) is 0 Å². The third-order valence-corrected chi connectivity index (χ3v) is 7.57. The first-order chi connectivity index (χ1) is 10.7. The van der Waals surface area contributed by atoms with Gasteiger partial charge < -0.3 is 0 Å². The fourth-order valence-electron chi connectivity index (χ4n) is 3.48. The van der Waals surface area contributed by atoms with Gasteiger partial charge >= 0.3 is 0 Å². The SMILES string of the molecule is CC1=C(C)C[S+]2c3ccccc3C(c3ccccc3)=CC2C1. The average Bonchev–Trinajstić information content (AvgIpc) is 2.56. The van der Waals surface area contributed by atoms with Crippen LogP contribution >= 0.6 is 0 Å². The third-order valence-electron chi connectivity index (χ3n) is 4.87. The van der Waals surface area contributed by atoms with Crippen LogP contribution in [-0.4, -0.2) is 11.0 Å². The Morgan fingerprint density at radius 3 is 2.41 bits per heavy atom. The molecule has 0 amide bonds. The molecule has 2 atom stereocenters. The first-order valence-electron chi connectivity index (χ1n) is 7.95. The van der Waals surface area contributed by atoms with Crippen LogP contribution < -0.4 is 0 Å². The van der Waals surface area contributed by atoms with Crippen LogP contribution in [0.25, 0.3) is 5.57 Å².